The van der Waals surface area contributed by atoms with Crippen molar-refractivity contribution in [3.63, 3.8) is 0 Å². The van der Waals surface area contributed by atoms with Gasteiger partial charge in [-0.1, -0.05) is 11.8 Å². The molecule has 4 rings (SSSR count). The maximum Gasteiger partial charge on any atom is 0.511 e. The van der Waals surface area contributed by atoms with E-state index in [-0.39, 0.29) is 16.5 Å². The normalized spacial score (nSPS) is 17.6. The molecule has 12 nitrogen and oxygen atoms in total. The summed E-state index contributed by atoms with van der Waals surface area (Å²) in [7, 11) is 0. The quantitative estimate of drug-likeness (QED) is 0.370. The molecule has 3 heterocycles. The largest absolute Gasteiger partial charge is 0.511 e. The summed E-state index contributed by atoms with van der Waals surface area (Å²) in [5.74, 6) is -3.24. The molecule has 1 aromatic heterocycles. The summed E-state index contributed by atoms with van der Waals surface area (Å²) >= 11 is 1.35. The number of thioether (sulfide) groups is 1. The van der Waals surface area contributed by atoms with Gasteiger partial charge in [-0.2, -0.15) is 0 Å². The Bertz CT molecular complexity index is 1200. The Balaban J connectivity index is 0.000000309. The molecule has 2 aliphatic heterocycles. The number of ether oxygens (including phenoxy) is 1. The molecule has 1 aromatic carbocycles. The number of anilines is 1. The van der Waals surface area contributed by atoms with E-state index in [0.717, 1.165) is 13.1 Å². The van der Waals surface area contributed by atoms with Gasteiger partial charge in [-0.15, -0.1) is 0 Å². The molecule has 184 valence electrons. The summed E-state index contributed by atoms with van der Waals surface area (Å²) in [6.45, 7) is 4.84. The summed E-state index contributed by atoms with van der Waals surface area (Å²) < 4.78 is 21.1. The van der Waals surface area contributed by atoms with Crippen molar-refractivity contribution in [2.24, 2.45) is 5.73 Å². The molecule has 1 saturated heterocycles. The Kier molecular flexibility index (Phi) is 7.64. The fraction of sp³-hybridized carbons (Fsp3) is 0.400. The van der Waals surface area contributed by atoms with Crippen LogP contribution >= 0.6 is 11.8 Å². The van der Waals surface area contributed by atoms with E-state index in [1.54, 1.807) is 6.07 Å². The molecule has 14 heteroatoms. The van der Waals surface area contributed by atoms with Crippen LogP contribution in [-0.2, 0) is 9.59 Å². The number of piperazine rings is 1. The zero-order chi connectivity index (χ0) is 25.2. The number of pyridine rings is 1. The van der Waals surface area contributed by atoms with E-state index in [2.05, 4.69) is 10.1 Å². The van der Waals surface area contributed by atoms with Crippen LogP contribution < -0.4 is 26.1 Å². The third-order valence-corrected chi connectivity index (χ3v) is 6.35. The zero-order valence-electron chi connectivity index (χ0n) is 18.0. The number of carboxylic acids is 2. The lowest BCUT2D eigenvalue weighted by molar-refractivity contribution is -0.144. The van der Waals surface area contributed by atoms with Gasteiger partial charge in [0.1, 0.15) is 16.9 Å². The van der Waals surface area contributed by atoms with Gasteiger partial charge in [0.15, 0.2) is 0 Å². The Morgan fingerprint density at radius 3 is 2.41 bits per heavy atom. The van der Waals surface area contributed by atoms with Crippen LogP contribution in [0.3, 0.4) is 0 Å². The van der Waals surface area contributed by atoms with Crippen LogP contribution in [0.1, 0.15) is 18.7 Å². The first kappa shape index (κ1) is 25.3. The fourth-order valence-electron chi connectivity index (χ4n) is 3.61. The Morgan fingerprint density at radius 2 is 1.91 bits per heavy atom. The van der Waals surface area contributed by atoms with Crippen LogP contribution in [0, 0.1) is 5.82 Å². The topological polar surface area (TPSA) is 184 Å². The molecule has 0 saturated carbocycles. The number of carboxylic acid groups (broad SMARTS) is 3. The van der Waals surface area contributed by atoms with E-state index < -0.39 is 41.8 Å². The molecule has 0 radical (unpaired) electrons. The second-order valence-corrected chi connectivity index (χ2v) is 8.82. The number of nitrogens with one attached hydrogen (secondary N) is 1. The third-order valence-electron chi connectivity index (χ3n) is 5.19. The Hall–Kier alpha value is -3.36. The zero-order valence-corrected chi connectivity index (χ0v) is 18.8. The van der Waals surface area contributed by atoms with Crippen molar-refractivity contribution in [1.82, 2.24) is 9.88 Å². The molecular formula is C20H23FN4O8S. The average Bonchev–Trinajstić information content (AvgIpc) is 2.76. The minimum absolute atomic E-state index is 0.00980. The van der Waals surface area contributed by atoms with Crippen molar-refractivity contribution in [3.05, 3.63) is 28.2 Å². The maximum atomic E-state index is 14.7. The monoisotopic (exact) mass is 498 g/mol. The highest BCUT2D eigenvalue weighted by Gasteiger charge is 2.32. The van der Waals surface area contributed by atoms with Gasteiger partial charge in [0, 0.05) is 26.2 Å². The Labute approximate surface area is 196 Å². The van der Waals surface area contributed by atoms with Gasteiger partial charge >= 0.3 is 18.1 Å². The number of carbonyl (C=O) groups is 3. The molecule has 0 spiro atoms. The molecule has 0 bridgehead atoms. The van der Waals surface area contributed by atoms with Gasteiger partial charge in [0.2, 0.25) is 11.2 Å². The number of nitrogens with two attached hydrogens (primary N) is 1. The van der Waals surface area contributed by atoms with E-state index in [4.69, 9.17) is 21.1 Å². The van der Waals surface area contributed by atoms with Gasteiger partial charge in [0.05, 0.1) is 28.4 Å². The molecule has 0 amide bonds. The fourth-order valence-corrected chi connectivity index (χ4v) is 4.71. The van der Waals surface area contributed by atoms with Crippen molar-refractivity contribution in [2.75, 3.05) is 31.1 Å². The van der Waals surface area contributed by atoms with Crippen molar-refractivity contribution < 1.29 is 38.8 Å². The number of halogens is 1. The van der Waals surface area contributed by atoms with Gasteiger partial charge < -0.3 is 40.6 Å². The number of nitrogens with zero attached hydrogens (tertiary/aromatic N) is 2. The lowest BCUT2D eigenvalue weighted by Gasteiger charge is -2.34. The number of rotatable bonds is 5. The smallest absolute Gasteiger partial charge is 0.481 e. The van der Waals surface area contributed by atoms with Gasteiger partial charge in [-0.05, 0) is 19.1 Å². The minimum Gasteiger partial charge on any atom is -0.481 e. The highest BCUT2D eigenvalue weighted by Crippen LogP contribution is 2.49. The molecule has 34 heavy (non-hydrogen) atoms. The number of hydrogen-bond acceptors (Lipinski definition) is 9. The lowest BCUT2D eigenvalue weighted by atomic mass is 10.1. The first-order valence-corrected chi connectivity index (χ1v) is 11.0. The number of benzene rings is 1. The maximum absolute atomic E-state index is 14.7. The van der Waals surface area contributed by atoms with Gasteiger partial charge in [-0.3, -0.25) is 14.4 Å². The molecule has 2 aliphatic rings. The summed E-state index contributed by atoms with van der Waals surface area (Å²) in [6, 6.07) is 1.58. The van der Waals surface area contributed by atoms with Crippen molar-refractivity contribution >= 4 is 46.4 Å². The summed E-state index contributed by atoms with van der Waals surface area (Å²) in [6.07, 6.45) is -2.09. The minimum atomic E-state index is -1.56. The molecule has 6 N–H and O–H groups in total. The van der Waals surface area contributed by atoms with E-state index in [1.807, 2.05) is 16.4 Å². The lowest BCUT2D eigenvalue weighted by Crippen LogP contribution is -2.44. The van der Waals surface area contributed by atoms with E-state index in [9.17, 15) is 23.6 Å². The van der Waals surface area contributed by atoms with E-state index in [1.165, 1.54) is 17.8 Å². The van der Waals surface area contributed by atoms with Crippen LogP contribution in [0.15, 0.2) is 22.0 Å². The van der Waals surface area contributed by atoms with Crippen LogP contribution in [0.4, 0.5) is 14.9 Å². The van der Waals surface area contributed by atoms with Crippen LogP contribution in [0.5, 0.6) is 5.75 Å². The predicted molar refractivity (Wildman–Crippen MR) is 120 cm³/mol. The SMILES string of the molecule is C[C@@H]1Sc2c(OC(=O)O)c(=O)c3cc(F)c(N4CCNCC4)cc3n21.NC(CC(=O)O)C(=O)O. The molecule has 1 unspecified atom stereocenters. The van der Waals surface area contributed by atoms with E-state index >= 15 is 0 Å². The molecule has 2 atom stereocenters. The summed E-state index contributed by atoms with van der Waals surface area (Å²) in [5, 5.41) is 28.7. The second-order valence-electron chi connectivity index (χ2n) is 7.52. The first-order valence-electron chi connectivity index (χ1n) is 10.2. The summed E-state index contributed by atoms with van der Waals surface area (Å²) in [5.41, 5.74) is 5.29. The van der Waals surface area contributed by atoms with E-state index in [0.29, 0.717) is 29.3 Å². The van der Waals surface area contributed by atoms with Crippen molar-refractivity contribution in [3.8, 4) is 5.75 Å². The molecule has 2 aromatic rings. The van der Waals surface area contributed by atoms with Crippen LogP contribution in [-0.4, -0.2) is 70.2 Å². The predicted octanol–water partition coefficient (Wildman–Crippen LogP) is 1.10. The molecule has 1 fully saturated rings. The van der Waals surface area contributed by atoms with Gasteiger partial charge in [-0.25, -0.2) is 9.18 Å². The number of fused-ring (bicyclic) bond motifs is 3. The summed E-state index contributed by atoms with van der Waals surface area (Å²) in [4.78, 5) is 45.1. The number of hydrogen-bond donors (Lipinski definition) is 5. The number of aliphatic carboxylic acids is 2. The number of aromatic nitrogens is 1. The Morgan fingerprint density at radius 1 is 1.26 bits per heavy atom. The highest BCUT2D eigenvalue weighted by atomic mass is 32.2. The molecule has 0 aliphatic carbocycles. The van der Waals surface area contributed by atoms with Crippen LogP contribution in [0.2, 0.25) is 0 Å². The highest BCUT2D eigenvalue weighted by molar-refractivity contribution is 8.00. The van der Waals surface area contributed by atoms with Gasteiger partial charge in [0.25, 0.3) is 0 Å². The van der Waals surface area contributed by atoms with Crippen molar-refractivity contribution in [2.45, 2.75) is 29.8 Å². The standard InChI is InChI=1S/C16H16FN3O4S.C4H7NO4/c1-8-20-11-7-12(19-4-2-18-3-5-19)10(17)6-9(11)13(21)14(15(20)25-8)24-16(22)23;5-2(4(8)9)1-3(6)7/h6-8,18H,2-5H2,1H3,(H,22,23);2H,1,5H2,(H,6,7)(H,8,9)/t8-;/m0./s1. The second kappa shape index (κ2) is 10.3. The first-order chi connectivity index (χ1) is 16.0. The van der Waals surface area contributed by atoms with Crippen molar-refractivity contribution in [1.29, 1.82) is 0 Å². The molecular weight excluding hydrogens is 475 g/mol. The van der Waals surface area contributed by atoms with Crippen LogP contribution in [0.25, 0.3) is 10.9 Å². The average molecular weight is 498 g/mol. The third kappa shape index (κ3) is 5.24.